The van der Waals surface area contributed by atoms with Gasteiger partial charge in [0.25, 0.3) is 5.91 Å². The number of amides is 1. The van der Waals surface area contributed by atoms with E-state index in [1.165, 1.54) is 11.3 Å². The van der Waals surface area contributed by atoms with E-state index in [1.807, 2.05) is 55.5 Å². The molecular formula is C19H16BrN3O2S. The van der Waals surface area contributed by atoms with Gasteiger partial charge in [0, 0.05) is 5.56 Å². The van der Waals surface area contributed by atoms with Crippen molar-refractivity contribution in [3.8, 4) is 16.3 Å². The van der Waals surface area contributed by atoms with Gasteiger partial charge in [0.15, 0.2) is 0 Å². The monoisotopic (exact) mass is 429 g/mol. The molecule has 0 atom stereocenters. The van der Waals surface area contributed by atoms with Crippen molar-refractivity contribution in [2.75, 3.05) is 7.11 Å². The zero-order valence-electron chi connectivity index (χ0n) is 14.2. The van der Waals surface area contributed by atoms with Gasteiger partial charge in [-0.1, -0.05) is 30.3 Å². The highest BCUT2D eigenvalue weighted by Crippen LogP contribution is 2.27. The van der Waals surface area contributed by atoms with Crippen molar-refractivity contribution < 1.29 is 9.53 Å². The lowest BCUT2D eigenvalue weighted by Gasteiger charge is -2.03. The molecule has 0 saturated carbocycles. The molecule has 0 spiro atoms. The van der Waals surface area contributed by atoms with E-state index in [0.717, 1.165) is 26.4 Å². The minimum absolute atomic E-state index is 0.272. The molecule has 1 N–H and O–H groups in total. The zero-order valence-corrected chi connectivity index (χ0v) is 16.6. The number of hydrogen-bond donors (Lipinski definition) is 1. The van der Waals surface area contributed by atoms with Crippen LogP contribution < -0.4 is 10.2 Å². The molecule has 5 nitrogen and oxygen atoms in total. The third-order valence-corrected chi connectivity index (χ3v) is 5.40. The highest BCUT2D eigenvalue weighted by molar-refractivity contribution is 9.10. The average molecular weight is 430 g/mol. The maximum atomic E-state index is 12.4. The molecule has 3 aromatic rings. The molecule has 1 aromatic heterocycles. The van der Waals surface area contributed by atoms with Crippen molar-refractivity contribution in [2.45, 2.75) is 6.92 Å². The molecule has 0 aliphatic heterocycles. The number of halogens is 1. The van der Waals surface area contributed by atoms with Crippen molar-refractivity contribution >= 4 is 39.4 Å². The number of aromatic nitrogens is 1. The van der Waals surface area contributed by atoms with Gasteiger partial charge in [0.1, 0.15) is 15.6 Å². The van der Waals surface area contributed by atoms with Crippen molar-refractivity contribution in [2.24, 2.45) is 5.10 Å². The summed E-state index contributed by atoms with van der Waals surface area (Å²) >= 11 is 4.77. The standard InChI is InChI=1S/C19H16BrN3O2S/c1-12-17(26-19(22-12)14-6-4-3-5-7-14)18(24)23-21-11-13-8-9-16(25-2)15(20)10-13/h3-11H,1-2H3,(H,23,24)/b21-11+. The molecule has 1 heterocycles. The zero-order chi connectivity index (χ0) is 18.5. The SMILES string of the molecule is COc1ccc(/C=N/NC(=O)c2sc(-c3ccccc3)nc2C)cc1Br. The quantitative estimate of drug-likeness (QED) is 0.473. The van der Waals surface area contributed by atoms with Gasteiger partial charge in [0.05, 0.1) is 23.5 Å². The summed E-state index contributed by atoms with van der Waals surface area (Å²) < 4.78 is 6.01. The fraction of sp³-hybridized carbons (Fsp3) is 0.105. The van der Waals surface area contributed by atoms with E-state index in [-0.39, 0.29) is 5.91 Å². The highest BCUT2D eigenvalue weighted by Gasteiger charge is 2.15. The first-order valence-electron chi connectivity index (χ1n) is 7.78. The Balaban J connectivity index is 1.70. The number of ether oxygens (including phenoxy) is 1. The Hall–Kier alpha value is -2.51. The molecule has 0 saturated heterocycles. The van der Waals surface area contributed by atoms with Crippen LogP contribution in [0.5, 0.6) is 5.75 Å². The first-order chi connectivity index (χ1) is 12.6. The van der Waals surface area contributed by atoms with E-state index in [9.17, 15) is 4.79 Å². The third-order valence-electron chi connectivity index (χ3n) is 3.58. The first kappa shape index (κ1) is 18.3. The highest BCUT2D eigenvalue weighted by atomic mass is 79.9. The van der Waals surface area contributed by atoms with E-state index >= 15 is 0 Å². The molecule has 0 unspecified atom stereocenters. The molecule has 2 aromatic carbocycles. The van der Waals surface area contributed by atoms with Gasteiger partial charge in [0.2, 0.25) is 0 Å². The van der Waals surface area contributed by atoms with Crippen LogP contribution in [0.3, 0.4) is 0 Å². The normalized spacial score (nSPS) is 10.9. The number of hydrogen-bond acceptors (Lipinski definition) is 5. The Labute approximate surface area is 163 Å². The van der Waals surface area contributed by atoms with E-state index in [2.05, 4.69) is 31.4 Å². The largest absolute Gasteiger partial charge is 0.496 e. The lowest BCUT2D eigenvalue weighted by molar-refractivity contribution is 0.0958. The Kier molecular flexibility index (Phi) is 5.80. The smallest absolute Gasteiger partial charge is 0.283 e. The van der Waals surface area contributed by atoms with E-state index in [4.69, 9.17) is 4.74 Å². The number of benzene rings is 2. The predicted molar refractivity (Wildman–Crippen MR) is 108 cm³/mol. The van der Waals surface area contributed by atoms with E-state index in [0.29, 0.717) is 10.6 Å². The molecule has 0 aliphatic carbocycles. The van der Waals surface area contributed by atoms with Crippen LogP contribution in [0.2, 0.25) is 0 Å². The van der Waals surface area contributed by atoms with Gasteiger partial charge in [-0.25, -0.2) is 10.4 Å². The van der Waals surface area contributed by atoms with Crippen LogP contribution in [0.4, 0.5) is 0 Å². The Morgan fingerprint density at radius 3 is 2.73 bits per heavy atom. The maximum absolute atomic E-state index is 12.4. The van der Waals surface area contributed by atoms with Crippen molar-refractivity contribution in [3.63, 3.8) is 0 Å². The molecule has 0 bridgehead atoms. The fourth-order valence-electron chi connectivity index (χ4n) is 2.29. The number of carbonyl (C=O) groups is 1. The maximum Gasteiger partial charge on any atom is 0.283 e. The van der Waals surface area contributed by atoms with Crippen molar-refractivity contribution in [1.29, 1.82) is 0 Å². The Bertz CT molecular complexity index is 955. The number of thiazole rings is 1. The summed E-state index contributed by atoms with van der Waals surface area (Å²) in [6.07, 6.45) is 1.58. The summed E-state index contributed by atoms with van der Waals surface area (Å²) in [5, 5.41) is 4.85. The second-order valence-corrected chi connectivity index (χ2v) is 7.25. The predicted octanol–water partition coefficient (Wildman–Crippen LogP) is 4.65. The summed E-state index contributed by atoms with van der Waals surface area (Å²) in [7, 11) is 1.61. The summed E-state index contributed by atoms with van der Waals surface area (Å²) in [6.45, 7) is 1.82. The van der Waals surface area contributed by atoms with Crippen LogP contribution in [-0.4, -0.2) is 24.2 Å². The Morgan fingerprint density at radius 1 is 1.27 bits per heavy atom. The molecule has 3 rings (SSSR count). The molecule has 0 radical (unpaired) electrons. The summed E-state index contributed by atoms with van der Waals surface area (Å²) in [5.74, 6) is 0.464. The summed E-state index contributed by atoms with van der Waals surface area (Å²) in [6, 6.07) is 15.3. The van der Waals surface area contributed by atoms with Crippen LogP contribution in [0.1, 0.15) is 20.9 Å². The van der Waals surface area contributed by atoms with Gasteiger partial charge in [-0.15, -0.1) is 11.3 Å². The number of rotatable bonds is 5. The van der Waals surface area contributed by atoms with Gasteiger partial charge in [-0.05, 0) is 46.6 Å². The van der Waals surface area contributed by atoms with E-state index in [1.54, 1.807) is 13.3 Å². The van der Waals surface area contributed by atoms with Crippen LogP contribution in [-0.2, 0) is 0 Å². The van der Waals surface area contributed by atoms with Crippen molar-refractivity contribution in [1.82, 2.24) is 10.4 Å². The average Bonchev–Trinajstić information content (AvgIpc) is 3.04. The molecule has 7 heteroatoms. The lowest BCUT2D eigenvalue weighted by atomic mass is 10.2. The van der Waals surface area contributed by atoms with Gasteiger partial charge < -0.3 is 4.74 Å². The topological polar surface area (TPSA) is 63.6 Å². The number of carbonyl (C=O) groups excluding carboxylic acids is 1. The number of methoxy groups -OCH3 is 1. The van der Waals surface area contributed by atoms with Gasteiger partial charge >= 0.3 is 0 Å². The van der Waals surface area contributed by atoms with Crippen LogP contribution in [0.15, 0.2) is 58.1 Å². The second-order valence-electron chi connectivity index (χ2n) is 5.39. The minimum Gasteiger partial charge on any atom is -0.496 e. The molecule has 26 heavy (non-hydrogen) atoms. The lowest BCUT2D eigenvalue weighted by Crippen LogP contribution is -2.17. The fourth-order valence-corrected chi connectivity index (χ4v) is 3.81. The van der Waals surface area contributed by atoms with Crippen LogP contribution in [0.25, 0.3) is 10.6 Å². The number of nitrogens with one attached hydrogen (secondary N) is 1. The third kappa shape index (κ3) is 4.17. The van der Waals surface area contributed by atoms with Gasteiger partial charge in [-0.2, -0.15) is 5.10 Å². The first-order valence-corrected chi connectivity index (χ1v) is 9.39. The minimum atomic E-state index is -0.272. The number of nitrogens with zero attached hydrogens (tertiary/aromatic N) is 2. The van der Waals surface area contributed by atoms with Crippen LogP contribution >= 0.6 is 27.3 Å². The molecule has 132 valence electrons. The van der Waals surface area contributed by atoms with Gasteiger partial charge in [-0.3, -0.25) is 4.79 Å². The number of aryl methyl sites for hydroxylation is 1. The second kappa shape index (κ2) is 8.25. The number of hydrazone groups is 1. The summed E-state index contributed by atoms with van der Waals surface area (Å²) in [5.41, 5.74) is 5.07. The summed E-state index contributed by atoms with van der Waals surface area (Å²) in [4.78, 5) is 17.4. The Morgan fingerprint density at radius 2 is 2.04 bits per heavy atom. The van der Waals surface area contributed by atoms with Crippen LogP contribution in [0, 0.1) is 6.92 Å². The molecular weight excluding hydrogens is 414 g/mol. The molecule has 1 amide bonds. The van der Waals surface area contributed by atoms with Crippen molar-refractivity contribution in [3.05, 3.63) is 69.1 Å². The molecule has 0 fully saturated rings. The van der Waals surface area contributed by atoms with E-state index < -0.39 is 0 Å². The molecule has 0 aliphatic rings.